The molecule has 0 bridgehead atoms. The van der Waals surface area contributed by atoms with E-state index in [1.807, 2.05) is 13.8 Å². The van der Waals surface area contributed by atoms with E-state index in [0.717, 1.165) is 0 Å². The third-order valence-corrected chi connectivity index (χ3v) is 6.02. The van der Waals surface area contributed by atoms with Crippen molar-refractivity contribution in [3.63, 3.8) is 0 Å². The highest BCUT2D eigenvalue weighted by atomic mass is 19.1. The predicted octanol–water partition coefficient (Wildman–Crippen LogP) is 4.98. The van der Waals surface area contributed by atoms with Gasteiger partial charge in [0.05, 0.1) is 10.6 Å². The van der Waals surface area contributed by atoms with Crippen LogP contribution in [0.1, 0.15) is 45.1 Å². The number of amides is 1. The average molecular weight is 449 g/mol. The summed E-state index contributed by atoms with van der Waals surface area (Å²) < 4.78 is 14.2. The normalized spacial score (nSPS) is 19.6. The largest absolute Gasteiger partial charge is 0.362 e. The Morgan fingerprint density at radius 1 is 1.18 bits per heavy atom. The lowest BCUT2D eigenvalue weighted by atomic mass is 9.68. The minimum absolute atomic E-state index is 0.0106. The maximum Gasteiger partial charge on any atom is 0.269 e. The minimum Gasteiger partial charge on any atom is -0.362 e. The van der Waals surface area contributed by atoms with E-state index in [4.69, 9.17) is 0 Å². The number of carbonyl (C=O) groups excluding carboxylic acids is 2. The number of ketones is 1. The van der Waals surface area contributed by atoms with E-state index in [0.29, 0.717) is 35.4 Å². The van der Waals surface area contributed by atoms with Gasteiger partial charge in [-0.25, -0.2) is 4.39 Å². The van der Waals surface area contributed by atoms with Gasteiger partial charge in [0.1, 0.15) is 5.82 Å². The summed E-state index contributed by atoms with van der Waals surface area (Å²) in [6.45, 7) is 5.72. The molecule has 33 heavy (non-hydrogen) atoms. The smallest absolute Gasteiger partial charge is 0.269 e. The Kier molecular flexibility index (Phi) is 5.61. The highest BCUT2D eigenvalue weighted by Gasteiger charge is 2.43. The van der Waals surface area contributed by atoms with Crippen LogP contribution in [-0.2, 0) is 9.59 Å². The van der Waals surface area contributed by atoms with E-state index in [2.05, 4.69) is 10.6 Å². The second kappa shape index (κ2) is 8.27. The van der Waals surface area contributed by atoms with E-state index >= 15 is 0 Å². The molecule has 2 aliphatic rings. The van der Waals surface area contributed by atoms with Crippen LogP contribution >= 0.6 is 0 Å². The number of dihydropyridines is 1. The molecule has 0 radical (unpaired) electrons. The Morgan fingerprint density at radius 2 is 1.91 bits per heavy atom. The molecule has 2 aromatic carbocycles. The molecule has 1 amide bonds. The van der Waals surface area contributed by atoms with Crippen LogP contribution in [0.3, 0.4) is 0 Å². The summed E-state index contributed by atoms with van der Waals surface area (Å²) >= 11 is 0. The molecule has 0 fully saturated rings. The Morgan fingerprint density at radius 3 is 2.61 bits per heavy atom. The fourth-order valence-electron chi connectivity index (χ4n) is 4.64. The van der Waals surface area contributed by atoms with Gasteiger partial charge in [0.25, 0.3) is 11.6 Å². The minimum atomic E-state index is -0.809. The molecule has 1 aliphatic carbocycles. The molecule has 1 heterocycles. The van der Waals surface area contributed by atoms with Crippen LogP contribution in [0.5, 0.6) is 0 Å². The first-order valence-corrected chi connectivity index (χ1v) is 10.6. The quantitative estimate of drug-likeness (QED) is 0.507. The van der Waals surface area contributed by atoms with Gasteiger partial charge in [-0.15, -0.1) is 0 Å². The first-order valence-electron chi connectivity index (χ1n) is 10.6. The lowest BCUT2D eigenvalue weighted by Gasteiger charge is -2.39. The van der Waals surface area contributed by atoms with E-state index in [1.165, 1.54) is 36.4 Å². The molecule has 0 saturated carbocycles. The lowest BCUT2D eigenvalue weighted by Crippen LogP contribution is -2.39. The van der Waals surface area contributed by atoms with Crippen molar-refractivity contribution in [3.8, 4) is 0 Å². The molecule has 1 aliphatic heterocycles. The summed E-state index contributed by atoms with van der Waals surface area (Å²) in [5.41, 5.74) is 1.97. The van der Waals surface area contributed by atoms with Crippen molar-refractivity contribution in [2.24, 2.45) is 5.41 Å². The summed E-state index contributed by atoms with van der Waals surface area (Å²) in [5, 5.41) is 17.2. The number of hydrogen-bond donors (Lipinski definition) is 2. The molecule has 0 unspecified atom stereocenters. The zero-order valence-electron chi connectivity index (χ0n) is 18.6. The van der Waals surface area contributed by atoms with Crippen molar-refractivity contribution in [3.05, 3.63) is 92.6 Å². The van der Waals surface area contributed by atoms with Crippen LogP contribution in [0, 0.1) is 21.3 Å². The average Bonchev–Trinajstić information content (AvgIpc) is 2.73. The number of non-ortho nitro benzene ring substituents is 1. The molecule has 0 saturated heterocycles. The third-order valence-electron chi connectivity index (χ3n) is 6.02. The number of para-hydroxylation sites is 1. The first-order chi connectivity index (χ1) is 15.6. The van der Waals surface area contributed by atoms with Crippen LogP contribution in [0.25, 0.3) is 0 Å². The number of halogens is 1. The van der Waals surface area contributed by atoms with Gasteiger partial charge in [-0.3, -0.25) is 19.7 Å². The number of hydrogen-bond acceptors (Lipinski definition) is 5. The molecule has 7 nitrogen and oxygen atoms in total. The molecule has 2 aromatic rings. The van der Waals surface area contributed by atoms with Crippen LogP contribution in [0.2, 0.25) is 0 Å². The van der Waals surface area contributed by atoms with Crippen LogP contribution in [0.4, 0.5) is 15.8 Å². The topological polar surface area (TPSA) is 101 Å². The van der Waals surface area contributed by atoms with Crippen LogP contribution < -0.4 is 10.6 Å². The Bertz CT molecular complexity index is 1250. The van der Waals surface area contributed by atoms with Gasteiger partial charge >= 0.3 is 0 Å². The zero-order valence-corrected chi connectivity index (χ0v) is 18.6. The van der Waals surface area contributed by atoms with Crippen molar-refractivity contribution in [2.75, 3.05) is 5.32 Å². The molecular weight excluding hydrogens is 425 g/mol. The molecule has 0 aromatic heterocycles. The standard InChI is InChI=1S/C25H24FN3O4/c1-14-21(24(31)28-18-10-5-4-9-17(18)26)22(15-7-6-8-16(11-15)29(32)33)23-19(27-14)12-25(2,3)13-20(23)30/h4-11,22,27H,12-13H2,1-3H3,(H,28,31)/t22-/m1/s1. The first kappa shape index (κ1) is 22.4. The Balaban J connectivity index is 1.85. The molecule has 0 spiro atoms. The number of anilines is 1. The lowest BCUT2D eigenvalue weighted by molar-refractivity contribution is -0.384. The monoisotopic (exact) mass is 449 g/mol. The molecule has 4 rings (SSSR count). The van der Waals surface area contributed by atoms with Crippen molar-refractivity contribution < 1.29 is 18.9 Å². The summed E-state index contributed by atoms with van der Waals surface area (Å²) in [6.07, 6.45) is 0.888. The SMILES string of the molecule is CC1=C(C(=O)Nc2ccccc2F)[C@@H](c2cccc([N+](=O)[O-])c2)C2=C(CC(C)(C)CC2=O)N1. The van der Waals surface area contributed by atoms with Gasteiger partial charge in [0.15, 0.2) is 5.78 Å². The van der Waals surface area contributed by atoms with E-state index in [-0.39, 0.29) is 28.1 Å². The van der Waals surface area contributed by atoms with Crippen molar-refractivity contribution >= 4 is 23.1 Å². The highest BCUT2D eigenvalue weighted by Crippen LogP contribution is 2.47. The molecule has 2 N–H and O–H groups in total. The number of nitro benzene ring substituents is 1. The number of Topliss-reactive ketones (excluding diaryl/α,β-unsaturated/α-hetero) is 1. The second-order valence-electron chi connectivity index (χ2n) is 9.22. The van der Waals surface area contributed by atoms with E-state index < -0.39 is 22.6 Å². The molecule has 1 atom stereocenters. The highest BCUT2D eigenvalue weighted by molar-refractivity contribution is 6.10. The fourth-order valence-corrected chi connectivity index (χ4v) is 4.64. The number of allylic oxidation sites excluding steroid dienone is 3. The Labute approximate surface area is 190 Å². The van der Waals surface area contributed by atoms with Crippen LogP contribution in [-0.4, -0.2) is 16.6 Å². The number of nitrogens with zero attached hydrogens (tertiary/aromatic N) is 1. The van der Waals surface area contributed by atoms with Crippen molar-refractivity contribution in [2.45, 2.75) is 39.5 Å². The molecule has 8 heteroatoms. The number of nitro groups is 1. The summed E-state index contributed by atoms with van der Waals surface area (Å²) in [7, 11) is 0. The summed E-state index contributed by atoms with van der Waals surface area (Å²) in [5.74, 6) is -2.09. The fraction of sp³-hybridized carbons (Fsp3) is 0.280. The zero-order chi connectivity index (χ0) is 23.9. The van der Waals surface area contributed by atoms with Gasteiger partial charge < -0.3 is 10.6 Å². The number of rotatable bonds is 4. The third kappa shape index (κ3) is 4.28. The number of benzene rings is 2. The Hall–Kier alpha value is -3.81. The summed E-state index contributed by atoms with van der Waals surface area (Å²) in [4.78, 5) is 37.6. The van der Waals surface area contributed by atoms with Crippen molar-refractivity contribution in [1.82, 2.24) is 5.32 Å². The number of carbonyl (C=O) groups is 2. The molecule has 170 valence electrons. The van der Waals surface area contributed by atoms with Crippen LogP contribution in [0.15, 0.2) is 71.1 Å². The summed E-state index contributed by atoms with van der Waals surface area (Å²) in [6, 6.07) is 11.8. The van der Waals surface area contributed by atoms with E-state index in [9.17, 15) is 24.1 Å². The van der Waals surface area contributed by atoms with Crippen molar-refractivity contribution in [1.29, 1.82) is 0 Å². The maximum absolute atomic E-state index is 14.2. The second-order valence-corrected chi connectivity index (χ2v) is 9.22. The maximum atomic E-state index is 14.2. The van der Waals surface area contributed by atoms with E-state index in [1.54, 1.807) is 19.1 Å². The van der Waals surface area contributed by atoms with Gasteiger partial charge in [0.2, 0.25) is 0 Å². The predicted molar refractivity (Wildman–Crippen MR) is 122 cm³/mol. The number of nitrogens with one attached hydrogen (secondary N) is 2. The van der Waals surface area contributed by atoms with Gasteiger partial charge in [-0.05, 0) is 36.5 Å². The van der Waals surface area contributed by atoms with Gasteiger partial charge in [0, 0.05) is 47.0 Å². The van der Waals surface area contributed by atoms with Gasteiger partial charge in [-0.2, -0.15) is 0 Å². The van der Waals surface area contributed by atoms with Gasteiger partial charge in [-0.1, -0.05) is 38.1 Å². The molecular formula is C25H24FN3O4.